The fourth-order valence-electron chi connectivity index (χ4n) is 5.72. The van der Waals surface area contributed by atoms with Gasteiger partial charge in [0.1, 0.15) is 11.0 Å². The molecule has 0 bridgehead atoms. The van der Waals surface area contributed by atoms with Crippen molar-refractivity contribution in [3.05, 3.63) is 199 Å². The number of hydrogen-bond acceptors (Lipinski definition) is 4. The average Bonchev–Trinajstić information content (AvgIpc) is 3.13. The third kappa shape index (κ3) is 6.26. The summed E-state index contributed by atoms with van der Waals surface area (Å²) < 4.78 is 51.3. The Bertz CT molecular complexity index is 1850. The number of ether oxygens (including phenoxy) is 1. The van der Waals surface area contributed by atoms with Crippen molar-refractivity contribution in [3.63, 3.8) is 0 Å². The van der Waals surface area contributed by atoms with Crippen molar-refractivity contribution in [2.75, 3.05) is 6.61 Å². The summed E-state index contributed by atoms with van der Waals surface area (Å²) in [5.41, 5.74) is 1.31. The van der Waals surface area contributed by atoms with Gasteiger partial charge in [0.05, 0.1) is 11.5 Å². The maximum atomic E-state index is 15.2. The van der Waals surface area contributed by atoms with Crippen LogP contribution in [0.3, 0.4) is 0 Å². The Morgan fingerprint density at radius 2 is 0.848 bits per heavy atom. The van der Waals surface area contributed by atoms with Gasteiger partial charge in [0.2, 0.25) is 7.29 Å². The first-order valence-electron chi connectivity index (χ1n) is 15.0. The summed E-state index contributed by atoms with van der Waals surface area (Å²) in [5, 5.41) is 2.77. The molecule has 0 saturated carbocycles. The third-order valence-corrected chi connectivity index (χ3v) is 12.8. The zero-order valence-corrected chi connectivity index (χ0v) is 26.8. The zero-order chi connectivity index (χ0) is 31.9. The van der Waals surface area contributed by atoms with Gasteiger partial charge in [-0.3, -0.25) is 4.57 Å². The fraction of sp³-hybridized carbons (Fsp3) is 0.0769. The van der Waals surface area contributed by atoms with Crippen molar-refractivity contribution >= 4 is 27.7 Å². The van der Waals surface area contributed by atoms with Crippen LogP contribution in [0.4, 0.5) is 0 Å². The standard InChI is InChI=1S/C39H34NO4PS/c41-45(35-25-13-4-14-26-35,36-27-15-5-16-28-36)40-38(46(42,43)37-29-17-6-18-30-37)31-44-39(32-19-7-1-8-20-32,33-21-9-2-10-22-33)34-23-11-3-12-24-34/h1-30,38H,31H2,(H,40,41). The molecule has 6 aromatic rings. The summed E-state index contributed by atoms with van der Waals surface area (Å²) in [5.74, 6) is 0. The van der Waals surface area contributed by atoms with Crippen molar-refractivity contribution in [2.45, 2.75) is 15.9 Å². The van der Waals surface area contributed by atoms with E-state index in [1.165, 1.54) is 0 Å². The molecule has 0 heterocycles. The van der Waals surface area contributed by atoms with Gasteiger partial charge in [0.25, 0.3) is 0 Å². The van der Waals surface area contributed by atoms with Crippen molar-refractivity contribution in [1.82, 2.24) is 5.09 Å². The topological polar surface area (TPSA) is 72.5 Å². The summed E-state index contributed by atoms with van der Waals surface area (Å²) >= 11 is 0. The molecule has 0 aromatic heterocycles. The molecule has 0 fully saturated rings. The lowest BCUT2D eigenvalue weighted by atomic mass is 9.80. The Balaban J connectivity index is 1.53. The highest BCUT2D eigenvalue weighted by Crippen LogP contribution is 2.43. The molecule has 0 saturated heterocycles. The Morgan fingerprint density at radius 1 is 0.522 bits per heavy atom. The molecule has 5 nitrogen and oxygen atoms in total. The molecule has 1 N–H and O–H groups in total. The first kappa shape index (κ1) is 31.4. The van der Waals surface area contributed by atoms with Gasteiger partial charge in [-0.05, 0) is 53.1 Å². The lowest BCUT2D eigenvalue weighted by molar-refractivity contribution is 0.0119. The maximum absolute atomic E-state index is 15.2. The Hall–Kier alpha value is -4.58. The molecule has 0 spiro atoms. The molecule has 7 heteroatoms. The second-order valence-electron chi connectivity index (χ2n) is 10.8. The highest BCUT2D eigenvalue weighted by molar-refractivity contribution is 7.92. The molecular formula is C39H34NO4PS. The molecule has 46 heavy (non-hydrogen) atoms. The Kier molecular flexibility index (Phi) is 9.43. The minimum absolute atomic E-state index is 0.105. The van der Waals surface area contributed by atoms with E-state index < -0.39 is 28.1 Å². The normalized spacial score (nSPS) is 12.8. The van der Waals surface area contributed by atoms with Gasteiger partial charge in [-0.2, -0.15) is 0 Å². The third-order valence-electron chi connectivity index (χ3n) is 8.00. The molecule has 6 aromatic carbocycles. The minimum atomic E-state index is -4.13. The monoisotopic (exact) mass is 643 g/mol. The van der Waals surface area contributed by atoms with Gasteiger partial charge in [-0.15, -0.1) is 0 Å². The van der Waals surface area contributed by atoms with Gasteiger partial charge < -0.3 is 4.74 Å². The van der Waals surface area contributed by atoms with Crippen LogP contribution in [0.15, 0.2) is 187 Å². The molecule has 230 valence electrons. The second kappa shape index (κ2) is 13.8. The first-order valence-corrected chi connectivity index (χ1v) is 18.3. The predicted octanol–water partition coefficient (Wildman–Crippen LogP) is 7.31. The molecule has 0 aliphatic carbocycles. The van der Waals surface area contributed by atoms with Gasteiger partial charge in [0, 0.05) is 10.6 Å². The summed E-state index contributed by atoms with van der Waals surface area (Å²) in [6, 6.07) is 55.5. The quantitative estimate of drug-likeness (QED) is 0.112. The van der Waals surface area contributed by atoms with Crippen LogP contribution in [0.1, 0.15) is 16.7 Å². The lowest BCUT2D eigenvalue weighted by Crippen LogP contribution is -2.45. The number of hydrogen-bond donors (Lipinski definition) is 1. The summed E-state index contributed by atoms with van der Waals surface area (Å²) in [6.45, 7) is -0.320. The van der Waals surface area contributed by atoms with Crippen LogP contribution < -0.4 is 15.7 Å². The molecule has 0 amide bonds. The zero-order valence-electron chi connectivity index (χ0n) is 25.1. The van der Waals surface area contributed by atoms with Crippen LogP contribution in [-0.2, 0) is 24.7 Å². The Morgan fingerprint density at radius 3 is 1.22 bits per heavy atom. The summed E-state index contributed by atoms with van der Waals surface area (Å²) in [7, 11) is -7.83. The highest BCUT2D eigenvalue weighted by Gasteiger charge is 2.42. The van der Waals surface area contributed by atoms with Gasteiger partial charge >= 0.3 is 0 Å². The lowest BCUT2D eigenvalue weighted by Gasteiger charge is -2.37. The molecular weight excluding hydrogens is 609 g/mol. The molecule has 0 aliphatic heterocycles. The van der Waals surface area contributed by atoms with Crippen LogP contribution in [-0.4, -0.2) is 20.4 Å². The fourth-order valence-corrected chi connectivity index (χ4v) is 10.1. The number of sulfone groups is 1. The van der Waals surface area contributed by atoms with E-state index in [-0.39, 0.29) is 11.5 Å². The van der Waals surface area contributed by atoms with E-state index in [9.17, 15) is 8.42 Å². The van der Waals surface area contributed by atoms with Crippen LogP contribution in [0.25, 0.3) is 0 Å². The van der Waals surface area contributed by atoms with Gasteiger partial charge in [-0.25, -0.2) is 13.5 Å². The van der Waals surface area contributed by atoms with Crippen LogP contribution in [0, 0.1) is 0 Å². The minimum Gasteiger partial charge on any atom is -0.358 e. The number of rotatable bonds is 12. The smallest absolute Gasteiger partial charge is 0.205 e. The van der Waals surface area contributed by atoms with Gasteiger partial charge in [0.15, 0.2) is 9.84 Å². The SMILES string of the molecule is O=P(NC(COC(c1ccccc1)(c1ccccc1)c1ccccc1)S(=O)(=O)c1ccccc1)(c1ccccc1)c1ccccc1. The molecule has 1 atom stereocenters. The van der Waals surface area contributed by atoms with Crippen molar-refractivity contribution in [1.29, 1.82) is 0 Å². The Labute approximate surface area is 270 Å². The highest BCUT2D eigenvalue weighted by atomic mass is 32.2. The molecule has 0 aliphatic rings. The van der Waals surface area contributed by atoms with E-state index in [2.05, 4.69) is 5.09 Å². The van der Waals surface area contributed by atoms with Crippen LogP contribution in [0.2, 0.25) is 0 Å². The van der Waals surface area contributed by atoms with E-state index in [1.54, 1.807) is 78.9 Å². The number of benzene rings is 6. The summed E-state index contributed by atoms with van der Waals surface area (Å²) in [4.78, 5) is 0.105. The maximum Gasteiger partial charge on any atom is 0.205 e. The van der Waals surface area contributed by atoms with Crippen LogP contribution >= 0.6 is 7.29 Å². The second-order valence-corrected chi connectivity index (χ2v) is 15.5. The van der Waals surface area contributed by atoms with E-state index in [1.807, 2.05) is 103 Å². The number of nitrogens with one attached hydrogen (secondary N) is 1. The van der Waals surface area contributed by atoms with E-state index in [0.29, 0.717) is 10.6 Å². The largest absolute Gasteiger partial charge is 0.358 e. The van der Waals surface area contributed by atoms with Crippen molar-refractivity contribution in [2.24, 2.45) is 0 Å². The summed E-state index contributed by atoms with van der Waals surface area (Å²) in [6.07, 6.45) is 0. The molecule has 6 rings (SSSR count). The molecule has 1 unspecified atom stereocenters. The van der Waals surface area contributed by atoms with Crippen molar-refractivity contribution in [3.8, 4) is 0 Å². The van der Waals surface area contributed by atoms with Crippen LogP contribution in [0.5, 0.6) is 0 Å². The van der Waals surface area contributed by atoms with Gasteiger partial charge in [-0.1, -0.05) is 146 Å². The average molecular weight is 644 g/mol. The van der Waals surface area contributed by atoms with E-state index >= 15 is 4.57 Å². The first-order chi connectivity index (χ1) is 22.4. The molecule has 0 radical (unpaired) electrons. The van der Waals surface area contributed by atoms with E-state index in [0.717, 1.165) is 16.7 Å². The predicted molar refractivity (Wildman–Crippen MR) is 185 cm³/mol. The van der Waals surface area contributed by atoms with E-state index in [4.69, 9.17) is 4.74 Å². The van der Waals surface area contributed by atoms with Crippen molar-refractivity contribution < 1.29 is 17.7 Å².